The van der Waals surface area contributed by atoms with E-state index < -0.39 is 6.04 Å². The van der Waals surface area contributed by atoms with Gasteiger partial charge in [0, 0.05) is 62.3 Å². The van der Waals surface area contributed by atoms with E-state index >= 15 is 0 Å². The van der Waals surface area contributed by atoms with Crippen LogP contribution in [-0.2, 0) is 40.3 Å². The van der Waals surface area contributed by atoms with Gasteiger partial charge < -0.3 is 30.3 Å². The van der Waals surface area contributed by atoms with Gasteiger partial charge in [-0.05, 0) is 49.7 Å². The molecule has 0 radical (unpaired) electrons. The van der Waals surface area contributed by atoms with Gasteiger partial charge in [-0.3, -0.25) is 14.7 Å². The lowest BCUT2D eigenvalue weighted by Crippen LogP contribution is -2.54. The normalized spacial score (nSPS) is 18.8. The minimum Gasteiger partial charge on any atom is -0.379 e. The van der Waals surface area contributed by atoms with Gasteiger partial charge in [0.05, 0.1) is 53.6 Å². The maximum absolute atomic E-state index is 14.3. The average molecular weight is 788 g/mol. The van der Waals surface area contributed by atoms with Gasteiger partial charge in [-0.2, -0.15) is 0 Å². The monoisotopic (exact) mass is 787 g/mol. The molecular weight excluding hydrogens is 731 g/mol. The van der Waals surface area contributed by atoms with E-state index in [0.29, 0.717) is 57.7 Å². The van der Waals surface area contributed by atoms with E-state index in [1.807, 2.05) is 35.3 Å². The molecule has 1 saturated carbocycles. The highest BCUT2D eigenvalue weighted by Crippen LogP contribution is 2.29. The second-order valence-corrected chi connectivity index (χ2v) is 17.0. The summed E-state index contributed by atoms with van der Waals surface area (Å²) in [4.78, 5) is 41.9. The number of urea groups is 1. The second kappa shape index (κ2) is 21.0. The Morgan fingerprint density at radius 2 is 1.64 bits per heavy atom. The fraction of sp³-hybridized carbons (Fsp3) is 0.524. The Balaban J connectivity index is 1.12. The van der Waals surface area contributed by atoms with Crippen LogP contribution in [0.3, 0.4) is 0 Å². The molecule has 2 aliphatic rings. The lowest BCUT2D eigenvalue weighted by Gasteiger charge is -2.30. The maximum Gasteiger partial charge on any atom is 0.318 e. The lowest BCUT2D eigenvalue weighted by atomic mass is 9.95. The van der Waals surface area contributed by atoms with Crippen molar-refractivity contribution in [3.8, 4) is 0 Å². The van der Waals surface area contributed by atoms with Crippen LogP contribution in [-0.4, -0.2) is 102 Å². The number of ether oxygens (including phenoxy) is 2. The van der Waals surface area contributed by atoms with E-state index in [9.17, 15) is 9.59 Å². The molecule has 0 spiro atoms. The number of hydrogen-bond acceptors (Lipinski definition) is 10. The predicted octanol–water partition coefficient (Wildman–Crippen LogP) is 6.02. The Hall–Kier alpha value is -3.72. The standard InChI is InChI=1S/C42H57N7O4S2/c1-30(2)41-46-35(28-54-41)26-48(3)42(51)47-37(16-17-49-18-20-52-21-19-49)40(50)45-34(23-32-12-8-5-9-13-32)15-14-33(22-31-10-6-4-7-11-31)44-38-24-39(38)53-27-36-25-43-29-55-36/h4-13,25,28-30,33-34,37-39,44H,14-24,26-27H2,1-3H3,(H,45,50)(H,47,51)/t33-,34-,37+,38?,39?/m1/s1. The van der Waals surface area contributed by atoms with E-state index in [1.165, 1.54) is 5.56 Å². The van der Waals surface area contributed by atoms with Crippen LogP contribution in [0.15, 0.2) is 77.8 Å². The van der Waals surface area contributed by atoms with E-state index in [1.54, 1.807) is 34.6 Å². The number of rotatable bonds is 21. The maximum atomic E-state index is 14.3. The van der Waals surface area contributed by atoms with Crippen molar-refractivity contribution in [3.05, 3.63) is 104 Å². The smallest absolute Gasteiger partial charge is 0.318 e. The minimum absolute atomic E-state index is 0.127. The van der Waals surface area contributed by atoms with Crippen LogP contribution in [0.25, 0.3) is 0 Å². The first-order valence-electron chi connectivity index (χ1n) is 19.7. The Kier molecular flexibility index (Phi) is 15.6. The highest BCUT2D eigenvalue weighted by Gasteiger charge is 2.39. The molecule has 3 amide bonds. The van der Waals surface area contributed by atoms with Gasteiger partial charge in [-0.25, -0.2) is 9.78 Å². The summed E-state index contributed by atoms with van der Waals surface area (Å²) in [5.41, 5.74) is 5.13. The fourth-order valence-electron chi connectivity index (χ4n) is 6.95. The number of nitrogens with one attached hydrogen (secondary N) is 3. The van der Waals surface area contributed by atoms with Gasteiger partial charge in [0.25, 0.3) is 0 Å². The Labute approximate surface area is 334 Å². The number of carbonyl (C=O) groups is 2. The van der Waals surface area contributed by atoms with Gasteiger partial charge in [0.15, 0.2) is 0 Å². The molecule has 2 aromatic heterocycles. The topological polar surface area (TPSA) is 121 Å². The van der Waals surface area contributed by atoms with Gasteiger partial charge >= 0.3 is 6.03 Å². The quantitative estimate of drug-likeness (QED) is 0.0939. The molecule has 2 unspecified atom stereocenters. The molecule has 2 fully saturated rings. The van der Waals surface area contributed by atoms with Crippen molar-refractivity contribution in [2.24, 2.45) is 0 Å². The van der Waals surface area contributed by atoms with E-state index in [-0.39, 0.29) is 30.1 Å². The molecule has 5 atom stereocenters. The molecule has 11 nitrogen and oxygen atoms in total. The highest BCUT2D eigenvalue weighted by atomic mass is 32.1. The zero-order valence-corrected chi connectivity index (χ0v) is 34.0. The van der Waals surface area contributed by atoms with Crippen molar-refractivity contribution in [2.45, 2.75) is 102 Å². The molecule has 3 N–H and O–H groups in total. The third kappa shape index (κ3) is 13.5. The number of thiazole rings is 2. The molecule has 1 aliphatic heterocycles. The van der Waals surface area contributed by atoms with Crippen LogP contribution in [0.1, 0.15) is 72.2 Å². The number of carbonyl (C=O) groups excluding carboxylic acids is 2. The van der Waals surface area contributed by atoms with E-state index in [4.69, 9.17) is 14.5 Å². The Bertz CT molecular complexity index is 1720. The van der Waals surface area contributed by atoms with Crippen LogP contribution in [0.5, 0.6) is 0 Å². The molecule has 4 aromatic rings. The lowest BCUT2D eigenvalue weighted by molar-refractivity contribution is -0.124. The third-order valence-electron chi connectivity index (χ3n) is 10.2. The minimum atomic E-state index is -0.695. The van der Waals surface area contributed by atoms with Crippen LogP contribution in [0.4, 0.5) is 4.79 Å². The van der Waals surface area contributed by atoms with Gasteiger partial charge in [0.1, 0.15) is 6.04 Å². The van der Waals surface area contributed by atoms with Crippen molar-refractivity contribution in [2.75, 3.05) is 39.9 Å². The first-order chi connectivity index (χ1) is 26.8. The van der Waals surface area contributed by atoms with Crippen molar-refractivity contribution < 1.29 is 19.1 Å². The van der Waals surface area contributed by atoms with Crippen molar-refractivity contribution in [1.82, 2.24) is 35.7 Å². The van der Waals surface area contributed by atoms with Crippen molar-refractivity contribution in [3.63, 3.8) is 0 Å². The Morgan fingerprint density at radius 3 is 2.29 bits per heavy atom. The van der Waals surface area contributed by atoms with E-state index in [2.05, 4.69) is 82.1 Å². The summed E-state index contributed by atoms with van der Waals surface area (Å²) in [6, 6.07) is 20.3. The summed E-state index contributed by atoms with van der Waals surface area (Å²) in [5.74, 6) is 0.177. The zero-order chi connectivity index (χ0) is 38.4. The summed E-state index contributed by atoms with van der Waals surface area (Å²) in [7, 11) is 1.76. The molecule has 296 valence electrons. The molecule has 3 heterocycles. The molecular formula is C42H57N7O4S2. The summed E-state index contributed by atoms with van der Waals surface area (Å²) >= 11 is 3.23. The third-order valence-corrected chi connectivity index (χ3v) is 12.2. The Morgan fingerprint density at radius 1 is 0.945 bits per heavy atom. The number of benzene rings is 2. The second-order valence-electron chi connectivity index (χ2n) is 15.1. The first-order valence-corrected chi connectivity index (χ1v) is 21.4. The molecule has 1 saturated heterocycles. The summed E-state index contributed by atoms with van der Waals surface area (Å²) in [6.07, 6.45) is 6.75. The average Bonchev–Trinajstić information content (AvgIpc) is 3.49. The molecule has 55 heavy (non-hydrogen) atoms. The van der Waals surface area contributed by atoms with Crippen LogP contribution >= 0.6 is 22.7 Å². The number of hydrogen-bond donors (Lipinski definition) is 3. The fourth-order valence-corrected chi connectivity index (χ4v) is 8.29. The predicted molar refractivity (Wildman–Crippen MR) is 219 cm³/mol. The van der Waals surface area contributed by atoms with Crippen molar-refractivity contribution >= 4 is 34.6 Å². The van der Waals surface area contributed by atoms with Gasteiger partial charge in [-0.1, -0.05) is 74.5 Å². The summed E-state index contributed by atoms with van der Waals surface area (Å²) in [5, 5.41) is 13.5. The first kappa shape index (κ1) is 40.9. The highest BCUT2D eigenvalue weighted by molar-refractivity contribution is 7.09. The number of morpholine rings is 1. The SMILES string of the molecule is CC(C)c1nc(CN(C)C(=O)N[C@@H](CCN2CCOCC2)C(=O)N[C@H](CC[C@H](Cc2ccccc2)NC2CC2OCc2cncs2)Cc2ccccc2)cs1. The molecule has 13 heteroatoms. The number of nitrogens with zero attached hydrogens (tertiary/aromatic N) is 4. The number of aromatic nitrogens is 2. The summed E-state index contributed by atoms with van der Waals surface area (Å²) in [6.45, 7) is 8.86. The molecule has 0 bridgehead atoms. The van der Waals surface area contributed by atoms with Crippen molar-refractivity contribution in [1.29, 1.82) is 0 Å². The van der Waals surface area contributed by atoms with Crippen LogP contribution in [0.2, 0.25) is 0 Å². The van der Waals surface area contributed by atoms with E-state index in [0.717, 1.165) is 59.9 Å². The zero-order valence-electron chi connectivity index (χ0n) is 32.4. The number of amides is 3. The molecule has 2 aromatic carbocycles. The summed E-state index contributed by atoms with van der Waals surface area (Å²) < 4.78 is 11.8. The largest absolute Gasteiger partial charge is 0.379 e. The van der Waals surface area contributed by atoms with Gasteiger partial charge in [-0.15, -0.1) is 22.7 Å². The van der Waals surface area contributed by atoms with Crippen LogP contribution in [0, 0.1) is 0 Å². The molecule has 1 aliphatic carbocycles. The van der Waals surface area contributed by atoms with Gasteiger partial charge in [0.2, 0.25) is 5.91 Å². The van der Waals surface area contributed by atoms with Crippen LogP contribution < -0.4 is 16.0 Å². The molecule has 6 rings (SSSR count).